The average Bonchev–Trinajstić information content (AvgIpc) is 2.70. The topological polar surface area (TPSA) is 66.4 Å². The maximum atomic E-state index is 11.7. The van der Waals surface area contributed by atoms with E-state index in [1.54, 1.807) is 6.07 Å². The van der Waals surface area contributed by atoms with E-state index in [4.69, 9.17) is 5.11 Å². The van der Waals surface area contributed by atoms with Crippen LogP contribution in [-0.2, 0) is 4.79 Å². The third-order valence-electron chi connectivity index (χ3n) is 2.85. The molecule has 0 bridgehead atoms. The molecule has 0 aliphatic heterocycles. The Bertz CT molecular complexity index is 440. The van der Waals surface area contributed by atoms with Crippen molar-refractivity contribution in [1.29, 1.82) is 0 Å². The van der Waals surface area contributed by atoms with Crippen LogP contribution in [0.5, 0.6) is 0 Å². The predicted octanol–water partition coefficient (Wildman–Crippen LogP) is 4.05. The van der Waals surface area contributed by atoms with Crippen molar-refractivity contribution in [3.05, 3.63) is 16.5 Å². The second-order valence-electron chi connectivity index (χ2n) is 4.62. The van der Waals surface area contributed by atoms with Gasteiger partial charge in [0, 0.05) is 11.3 Å². The maximum absolute atomic E-state index is 11.7. The number of aryl methyl sites for hydroxylation is 1. The van der Waals surface area contributed by atoms with Crippen LogP contribution in [0.1, 0.15) is 60.7 Å². The molecule has 0 radical (unpaired) electrons. The lowest BCUT2D eigenvalue weighted by Crippen LogP contribution is -2.12. The molecule has 106 valence electrons. The van der Waals surface area contributed by atoms with Gasteiger partial charge in [0.15, 0.2) is 0 Å². The lowest BCUT2D eigenvalue weighted by atomic mass is 10.1. The van der Waals surface area contributed by atoms with Crippen LogP contribution in [0.3, 0.4) is 0 Å². The molecule has 0 saturated carbocycles. The van der Waals surface area contributed by atoms with Gasteiger partial charge in [-0.3, -0.25) is 4.79 Å². The van der Waals surface area contributed by atoms with Gasteiger partial charge < -0.3 is 10.4 Å². The Kier molecular flexibility index (Phi) is 6.56. The summed E-state index contributed by atoms with van der Waals surface area (Å²) in [4.78, 5) is 23.6. The number of amides is 1. The van der Waals surface area contributed by atoms with Crippen LogP contribution in [0.2, 0.25) is 0 Å². The number of carboxylic acids is 1. The van der Waals surface area contributed by atoms with Gasteiger partial charge in [-0.05, 0) is 19.4 Å². The van der Waals surface area contributed by atoms with Crippen molar-refractivity contribution in [3.63, 3.8) is 0 Å². The van der Waals surface area contributed by atoms with Gasteiger partial charge in [0.1, 0.15) is 5.00 Å². The Morgan fingerprint density at radius 2 is 1.95 bits per heavy atom. The van der Waals surface area contributed by atoms with Crippen molar-refractivity contribution in [1.82, 2.24) is 0 Å². The standard InChI is InChI=1S/C14H21NO3S/c1-3-4-5-6-7-8-12(16)15-13-11(14(17)18)9-10(2)19-13/h9H,3-8H2,1-2H3,(H,15,16)(H,17,18). The number of rotatable bonds is 8. The van der Waals surface area contributed by atoms with Gasteiger partial charge in [0.25, 0.3) is 0 Å². The number of anilines is 1. The number of aromatic carboxylic acids is 1. The third kappa shape index (κ3) is 5.42. The highest BCUT2D eigenvalue weighted by atomic mass is 32.1. The van der Waals surface area contributed by atoms with E-state index in [2.05, 4.69) is 12.2 Å². The zero-order valence-corrected chi connectivity index (χ0v) is 12.3. The summed E-state index contributed by atoms with van der Waals surface area (Å²) in [5, 5.41) is 12.2. The maximum Gasteiger partial charge on any atom is 0.338 e. The van der Waals surface area contributed by atoms with Crippen LogP contribution in [0.25, 0.3) is 0 Å². The van der Waals surface area contributed by atoms with Crippen molar-refractivity contribution in [3.8, 4) is 0 Å². The SMILES string of the molecule is CCCCCCCC(=O)Nc1sc(C)cc1C(=O)O. The summed E-state index contributed by atoms with van der Waals surface area (Å²) in [6.45, 7) is 3.98. The number of hydrogen-bond donors (Lipinski definition) is 2. The Labute approximate surface area is 117 Å². The van der Waals surface area contributed by atoms with E-state index in [1.807, 2.05) is 6.92 Å². The molecule has 0 aliphatic carbocycles. The van der Waals surface area contributed by atoms with Crippen molar-refractivity contribution < 1.29 is 14.7 Å². The fourth-order valence-corrected chi connectivity index (χ4v) is 2.76. The van der Waals surface area contributed by atoms with Crippen LogP contribution in [0.4, 0.5) is 5.00 Å². The zero-order valence-electron chi connectivity index (χ0n) is 11.5. The lowest BCUT2D eigenvalue weighted by molar-refractivity contribution is -0.116. The van der Waals surface area contributed by atoms with Crippen LogP contribution in [0.15, 0.2) is 6.07 Å². The third-order valence-corrected chi connectivity index (χ3v) is 3.81. The first-order valence-corrected chi connectivity index (χ1v) is 7.49. The predicted molar refractivity (Wildman–Crippen MR) is 78.0 cm³/mol. The molecule has 0 unspecified atom stereocenters. The molecule has 19 heavy (non-hydrogen) atoms. The van der Waals surface area contributed by atoms with Gasteiger partial charge in [-0.2, -0.15) is 0 Å². The molecule has 0 aliphatic rings. The molecule has 0 spiro atoms. The largest absolute Gasteiger partial charge is 0.478 e. The van der Waals surface area contributed by atoms with E-state index in [0.29, 0.717) is 11.4 Å². The van der Waals surface area contributed by atoms with E-state index < -0.39 is 5.97 Å². The number of carbonyl (C=O) groups excluding carboxylic acids is 1. The number of carboxylic acid groups (broad SMARTS) is 1. The molecule has 4 nitrogen and oxygen atoms in total. The van der Waals surface area contributed by atoms with Gasteiger partial charge in [-0.25, -0.2) is 4.79 Å². The van der Waals surface area contributed by atoms with Crippen molar-refractivity contribution in [2.45, 2.75) is 52.4 Å². The minimum absolute atomic E-state index is 0.0964. The van der Waals surface area contributed by atoms with Gasteiger partial charge in [0.05, 0.1) is 5.56 Å². The average molecular weight is 283 g/mol. The van der Waals surface area contributed by atoms with Crippen LogP contribution < -0.4 is 5.32 Å². The van der Waals surface area contributed by atoms with E-state index in [0.717, 1.165) is 24.1 Å². The monoisotopic (exact) mass is 283 g/mol. The number of carbonyl (C=O) groups is 2. The van der Waals surface area contributed by atoms with Gasteiger partial charge >= 0.3 is 5.97 Å². The second kappa shape index (κ2) is 7.94. The summed E-state index contributed by atoms with van der Waals surface area (Å²) >= 11 is 1.31. The molecule has 0 atom stereocenters. The number of hydrogen-bond acceptors (Lipinski definition) is 3. The first-order valence-electron chi connectivity index (χ1n) is 6.68. The zero-order chi connectivity index (χ0) is 14.3. The molecule has 5 heteroatoms. The van der Waals surface area contributed by atoms with Gasteiger partial charge in [-0.15, -0.1) is 11.3 Å². The molecule has 1 aromatic rings. The lowest BCUT2D eigenvalue weighted by Gasteiger charge is -2.04. The van der Waals surface area contributed by atoms with Crippen molar-refractivity contribution in [2.24, 2.45) is 0 Å². The molecule has 0 aromatic carbocycles. The smallest absolute Gasteiger partial charge is 0.338 e. The quantitative estimate of drug-likeness (QED) is 0.707. The molecule has 1 aromatic heterocycles. The minimum atomic E-state index is -0.998. The highest BCUT2D eigenvalue weighted by molar-refractivity contribution is 7.16. The summed E-state index contributed by atoms with van der Waals surface area (Å²) in [5.74, 6) is -1.09. The fourth-order valence-electron chi connectivity index (χ4n) is 1.84. The number of nitrogens with one attached hydrogen (secondary N) is 1. The first-order chi connectivity index (χ1) is 9.04. The van der Waals surface area contributed by atoms with E-state index in [9.17, 15) is 9.59 Å². The van der Waals surface area contributed by atoms with E-state index in [-0.39, 0.29) is 11.5 Å². The summed E-state index contributed by atoms with van der Waals surface area (Å²) in [6, 6.07) is 1.59. The van der Waals surface area contributed by atoms with Crippen molar-refractivity contribution in [2.75, 3.05) is 5.32 Å². The normalized spacial score (nSPS) is 10.4. The van der Waals surface area contributed by atoms with Crippen LogP contribution in [-0.4, -0.2) is 17.0 Å². The van der Waals surface area contributed by atoms with E-state index >= 15 is 0 Å². The summed E-state index contributed by atoms with van der Waals surface area (Å²) in [5.41, 5.74) is 0.182. The Hall–Kier alpha value is -1.36. The van der Waals surface area contributed by atoms with Gasteiger partial charge in [0.2, 0.25) is 5.91 Å². The molecule has 1 amide bonds. The first kappa shape index (κ1) is 15.7. The second-order valence-corrected chi connectivity index (χ2v) is 5.87. The molecule has 0 saturated heterocycles. The Morgan fingerprint density at radius 1 is 1.26 bits per heavy atom. The summed E-state index contributed by atoms with van der Waals surface area (Å²) in [7, 11) is 0. The van der Waals surface area contributed by atoms with E-state index in [1.165, 1.54) is 24.2 Å². The molecule has 2 N–H and O–H groups in total. The fraction of sp³-hybridized carbons (Fsp3) is 0.571. The number of thiophene rings is 1. The Morgan fingerprint density at radius 3 is 2.58 bits per heavy atom. The highest BCUT2D eigenvalue weighted by Gasteiger charge is 2.15. The Balaban J connectivity index is 2.42. The molecule has 0 fully saturated rings. The van der Waals surface area contributed by atoms with Gasteiger partial charge in [-0.1, -0.05) is 32.6 Å². The number of unbranched alkanes of at least 4 members (excludes halogenated alkanes) is 4. The van der Waals surface area contributed by atoms with Crippen molar-refractivity contribution >= 4 is 28.2 Å². The summed E-state index contributed by atoms with van der Waals surface area (Å²) < 4.78 is 0. The molecular weight excluding hydrogens is 262 g/mol. The molecular formula is C14H21NO3S. The highest BCUT2D eigenvalue weighted by Crippen LogP contribution is 2.27. The minimum Gasteiger partial charge on any atom is -0.478 e. The van der Waals surface area contributed by atoms with Crippen LogP contribution >= 0.6 is 11.3 Å². The summed E-state index contributed by atoms with van der Waals surface area (Å²) in [6.07, 6.45) is 5.91. The van der Waals surface area contributed by atoms with Crippen LogP contribution in [0, 0.1) is 6.92 Å². The molecule has 1 heterocycles. The molecule has 1 rings (SSSR count).